The molecule has 0 saturated carbocycles. The van der Waals surface area contributed by atoms with Crippen LogP contribution in [0.5, 0.6) is 0 Å². The first-order valence-electron chi connectivity index (χ1n) is 6.79. The zero-order chi connectivity index (χ0) is 13.8. The van der Waals surface area contributed by atoms with Gasteiger partial charge in [0.25, 0.3) is 0 Å². The van der Waals surface area contributed by atoms with Crippen molar-refractivity contribution in [2.75, 3.05) is 6.61 Å². The lowest BCUT2D eigenvalue weighted by Gasteiger charge is -2.07. The van der Waals surface area contributed by atoms with Crippen LogP contribution in [0.3, 0.4) is 0 Å². The predicted octanol–water partition coefficient (Wildman–Crippen LogP) is 3.22. The summed E-state index contributed by atoms with van der Waals surface area (Å²) >= 11 is 0. The summed E-state index contributed by atoms with van der Waals surface area (Å²) < 4.78 is 0. The van der Waals surface area contributed by atoms with Gasteiger partial charge in [-0.1, -0.05) is 42.5 Å². The zero-order valence-corrected chi connectivity index (χ0v) is 11.2. The minimum absolute atomic E-state index is 0.169. The molecule has 100 valence electrons. The van der Waals surface area contributed by atoms with Crippen LogP contribution in [0.2, 0.25) is 0 Å². The maximum Gasteiger partial charge on any atom is 0.129 e. The van der Waals surface area contributed by atoms with Crippen molar-refractivity contribution in [2.45, 2.75) is 12.8 Å². The largest absolute Gasteiger partial charge is 0.396 e. The summed E-state index contributed by atoms with van der Waals surface area (Å²) in [5, 5.41) is 11.3. The maximum absolute atomic E-state index is 8.90. The molecule has 3 rings (SSSR count). The van der Waals surface area contributed by atoms with Crippen LogP contribution in [-0.4, -0.2) is 21.7 Å². The molecule has 0 unspecified atom stereocenters. The number of hydrogen-bond acceptors (Lipinski definition) is 3. The first kappa shape index (κ1) is 12.8. The summed E-state index contributed by atoms with van der Waals surface area (Å²) in [4.78, 5) is 8.87. The predicted molar refractivity (Wildman–Crippen MR) is 80.4 cm³/mol. The number of aryl methyl sites for hydroxylation is 1. The summed E-state index contributed by atoms with van der Waals surface area (Å²) in [6.45, 7) is 0.169. The maximum atomic E-state index is 8.90. The van der Waals surface area contributed by atoms with Crippen molar-refractivity contribution in [3.63, 3.8) is 0 Å². The average molecular weight is 264 g/mol. The number of aliphatic hydroxyl groups excluding tert-OH is 1. The van der Waals surface area contributed by atoms with Gasteiger partial charge in [-0.15, -0.1) is 0 Å². The number of benzene rings is 2. The smallest absolute Gasteiger partial charge is 0.129 e. The van der Waals surface area contributed by atoms with E-state index in [0.29, 0.717) is 12.8 Å². The Morgan fingerprint density at radius 3 is 2.70 bits per heavy atom. The Morgan fingerprint density at radius 2 is 1.80 bits per heavy atom. The quantitative estimate of drug-likeness (QED) is 0.787. The topological polar surface area (TPSA) is 46.0 Å². The van der Waals surface area contributed by atoms with E-state index >= 15 is 0 Å². The molecule has 1 aromatic heterocycles. The molecule has 0 saturated heterocycles. The van der Waals surface area contributed by atoms with Crippen LogP contribution in [0, 0.1) is 0 Å². The standard InChI is InChI=1S/C17H16N2O/c20-12-4-9-17-18-11-10-16(19-17)15-8-3-6-13-5-1-2-7-14(13)15/h1-3,5-8,10-11,20H,4,9,12H2. The second-order valence-corrected chi connectivity index (χ2v) is 4.71. The van der Waals surface area contributed by atoms with E-state index in [1.807, 2.05) is 24.3 Å². The Bertz CT molecular complexity index is 720. The molecule has 3 nitrogen and oxygen atoms in total. The lowest BCUT2D eigenvalue weighted by Crippen LogP contribution is -1.98. The Morgan fingerprint density at radius 1 is 0.950 bits per heavy atom. The highest BCUT2D eigenvalue weighted by Crippen LogP contribution is 2.26. The van der Waals surface area contributed by atoms with Gasteiger partial charge in [0.15, 0.2) is 0 Å². The number of rotatable bonds is 4. The van der Waals surface area contributed by atoms with Crippen molar-refractivity contribution in [1.29, 1.82) is 0 Å². The van der Waals surface area contributed by atoms with Gasteiger partial charge in [0.2, 0.25) is 0 Å². The number of hydrogen-bond donors (Lipinski definition) is 1. The Hall–Kier alpha value is -2.26. The van der Waals surface area contributed by atoms with Gasteiger partial charge < -0.3 is 5.11 Å². The van der Waals surface area contributed by atoms with Crippen LogP contribution in [-0.2, 0) is 6.42 Å². The van der Waals surface area contributed by atoms with Gasteiger partial charge in [-0.2, -0.15) is 0 Å². The van der Waals surface area contributed by atoms with Crippen molar-refractivity contribution in [1.82, 2.24) is 9.97 Å². The summed E-state index contributed by atoms with van der Waals surface area (Å²) in [5.74, 6) is 0.782. The highest BCUT2D eigenvalue weighted by atomic mass is 16.2. The lowest BCUT2D eigenvalue weighted by atomic mass is 10.0. The molecule has 3 heteroatoms. The summed E-state index contributed by atoms with van der Waals surface area (Å²) in [6.07, 6.45) is 3.19. The molecule has 3 aromatic rings. The minimum atomic E-state index is 0.169. The van der Waals surface area contributed by atoms with E-state index in [0.717, 1.165) is 17.1 Å². The molecule has 0 fully saturated rings. The third kappa shape index (κ3) is 2.53. The van der Waals surface area contributed by atoms with Crippen molar-refractivity contribution < 1.29 is 5.11 Å². The summed E-state index contributed by atoms with van der Waals surface area (Å²) in [5.41, 5.74) is 2.06. The molecular weight excluding hydrogens is 248 g/mol. The number of nitrogens with zero attached hydrogens (tertiary/aromatic N) is 2. The number of fused-ring (bicyclic) bond motifs is 1. The molecule has 0 aliphatic heterocycles. The Kier molecular flexibility index (Phi) is 3.70. The SMILES string of the molecule is OCCCc1nccc(-c2cccc3ccccc23)n1. The molecule has 0 aliphatic rings. The van der Waals surface area contributed by atoms with E-state index in [4.69, 9.17) is 5.11 Å². The fourth-order valence-electron chi connectivity index (χ4n) is 2.36. The molecule has 0 aliphatic carbocycles. The molecule has 1 N–H and O–H groups in total. The zero-order valence-electron chi connectivity index (χ0n) is 11.2. The van der Waals surface area contributed by atoms with E-state index in [-0.39, 0.29) is 6.61 Å². The molecule has 2 aromatic carbocycles. The number of aliphatic hydroxyl groups is 1. The second kappa shape index (κ2) is 5.80. The van der Waals surface area contributed by atoms with Crippen molar-refractivity contribution in [3.8, 4) is 11.3 Å². The van der Waals surface area contributed by atoms with Crippen LogP contribution in [0.4, 0.5) is 0 Å². The van der Waals surface area contributed by atoms with E-state index in [9.17, 15) is 0 Å². The molecule has 0 spiro atoms. The fraction of sp³-hybridized carbons (Fsp3) is 0.176. The Labute approximate surface area is 117 Å². The highest BCUT2D eigenvalue weighted by molar-refractivity contribution is 5.95. The Balaban J connectivity index is 2.06. The van der Waals surface area contributed by atoms with Crippen LogP contribution in [0.15, 0.2) is 54.7 Å². The van der Waals surface area contributed by atoms with Gasteiger partial charge in [0.05, 0.1) is 5.69 Å². The van der Waals surface area contributed by atoms with E-state index < -0.39 is 0 Å². The fourth-order valence-corrected chi connectivity index (χ4v) is 2.36. The summed E-state index contributed by atoms with van der Waals surface area (Å²) in [7, 11) is 0. The van der Waals surface area contributed by atoms with Gasteiger partial charge in [0.1, 0.15) is 5.82 Å². The van der Waals surface area contributed by atoms with Gasteiger partial charge in [-0.3, -0.25) is 0 Å². The molecule has 0 radical (unpaired) electrons. The van der Waals surface area contributed by atoms with Crippen LogP contribution in [0.1, 0.15) is 12.2 Å². The number of aromatic nitrogens is 2. The van der Waals surface area contributed by atoms with Crippen LogP contribution >= 0.6 is 0 Å². The van der Waals surface area contributed by atoms with Gasteiger partial charge in [-0.05, 0) is 23.3 Å². The lowest BCUT2D eigenvalue weighted by molar-refractivity contribution is 0.287. The van der Waals surface area contributed by atoms with Crippen molar-refractivity contribution >= 4 is 10.8 Å². The van der Waals surface area contributed by atoms with Gasteiger partial charge >= 0.3 is 0 Å². The van der Waals surface area contributed by atoms with Crippen molar-refractivity contribution in [3.05, 3.63) is 60.6 Å². The first-order valence-corrected chi connectivity index (χ1v) is 6.79. The minimum Gasteiger partial charge on any atom is -0.396 e. The van der Waals surface area contributed by atoms with Crippen LogP contribution in [0.25, 0.3) is 22.0 Å². The third-order valence-corrected chi connectivity index (χ3v) is 3.33. The molecule has 0 bridgehead atoms. The average Bonchev–Trinajstić information content (AvgIpc) is 2.52. The normalized spacial score (nSPS) is 10.8. The van der Waals surface area contributed by atoms with Gasteiger partial charge in [0, 0.05) is 24.8 Å². The van der Waals surface area contributed by atoms with E-state index in [1.54, 1.807) is 6.20 Å². The van der Waals surface area contributed by atoms with Crippen LogP contribution < -0.4 is 0 Å². The van der Waals surface area contributed by atoms with E-state index in [1.165, 1.54) is 10.8 Å². The van der Waals surface area contributed by atoms with Gasteiger partial charge in [-0.25, -0.2) is 9.97 Å². The molecule has 1 heterocycles. The molecule has 0 atom stereocenters. The summed E-state index contributed by atoms with van der Waals surface area (Å²) in [6, 6.07) is 16.5. The van der Waals surface area contributed by atoms with E-state index in [2.05, 4.69) is 34.2 Å². The molecule has 20 heavy (non-hydrogen) atoms. The first-order chi connectivity index (χ1) is 9.88. The monoisotopic (exact) mass is 264 g/mol. The second-order valence-electron chi connectivity index (χ2n) is 4.71. The van der Waals surface area contributed by atoms with Crippen molar-refractivity contribution in [2.24, 2.45) is 0 Å². The third-order valence-electron chi connectivity index (χ3n) is 3.33. The molecular formula is C17H16N2O. The molecule has 0 amide bonds. The highest BCUT2D eigenvalue weighted by Gasteiger charge is 2.06.